The van der Waals surface area contributed by atoms with Gasteiger partial charge in [0.1, 0.15) is 11.6 Å². The Morgan fingerprint density at radius 3 is 2.69 bits per heavy atom. The van der Waals surface area contributed by atoms with Crippen molar-refractivity contribution < 1.29 is 4.79 Å². The maximum absolute atomic E-state index is 13.0. The molecule has 1 aromatic heterocycles. The van der Waals surface area contributed by atoms with Crippen molar-refractivity contribution in [3.63, 3.8) is 0 Å². The summed E-state index contributed by atoms with van der Waals surface area (Å²) in [7, 11) is 0. The van der Waals surface area contributed by atoms with Crippen LogP contribution in [0.1, 0.15) is 48.9 Å². The molecule has 1 N–H and O–H groups in total. The van der Waals surface area contributed by atoms with E-state index in [2.05, 4.69) is 15.4 Å². The number of hydrogen-bond acceptors (Lipinski definition) is 3. The first-order chi connectivity index (χ1) is 12.6. The Hall–Kier alpha value is -2.08. The van der Waals surface area contributed by atoms with E-state index in [0.717, 1.165) is 35.1 Å². The lowest BCUT2D eigenvalue weighted by Gasteiger charge is -2.31. The maximum atomic E-state index is 13.0. The third kappa shape index (κ3) is 3.56. The van der Waals surface area contributed by atoms with Gasteiger partial charge in [0.25, 0.3) is 0 Å². The van der Waals surface area contributed by atoms with Crippen LogP contribution in [0.3, 0.4) is 0 Å². The van der Waals surface area contributed by atoms with E-state index in [0.29, 0.717) is 25.6 Å². The zero-order valence-electron chi connectivity index (χ0n) is 15.0. The highest BCUT2D eigenvalue weighted by Crippen LogP contribution is 2.36. The van der Waals surface area contributed by atoms with Crippen LogP contribution in [0, 0.1) is 12.8 Å². The number of rotatable bonds is 3. The average Bonchev–Trinajstić information content (AvgIpc) is 3.28. The molecule has 1 aliphatic heterocycles. The Kier molecular flexibility index (Phi) is 4.85. The van der Waals surface area contributed by atoms with Crippen molar-refractivity contribution in [3.8, 4) is 0 Å². The van der Waals surface area contributed by atoms with Crippen molar-refractivity contribution >= 4 is 17.6 Å². The predicted molar refractivity (Wildman–Crippen MR) is 99.9 cm³/mol. The first kappa shape index (κ1) is 17.3. The monoisotopic (exact) mass is 373 g/mol. The Morgan fingerprint density at radius 1 is 1.23 bits per heavy atom. The number of benzene rings is 1. The molecular weight excluding hydrogens is 350 g/mol. The van der Waals surface area contributed by atoms with Crippen LogP contribution in [0.4, 0.5) is 4.79 Å². The zero-order valence-corrected chi connectivity index (χ0v) is 15.7. The van der Waals surface area contributed by atoms with Gasteiger partial charge in [-0.25, -0.2) is 14.5 Å². The molecule has 1 aliphatic carbocycles. The van der Waals surface area contributed by atoms with Crippen molar-refractivity contribution in [3.05, 3.63) is 46.5 Å². The highest BCUT2D eigenvalue weighted by Gasteiger charge is 2.30. The number of nitrogens with one attached hydrogen (secondary N) is 1. The highest BCUT2D eigenvalue weighted by atomic mass is 35.5. The fourth-order valence-electron chi connectivity index (χ4n) is 4.09. The van der Waals surface area contributed by atoms with Gasteiger partial charge in [0.2, 0.25) is 0 Å². The van der Waals surface area contributed by atoms with E-state index in [4.69, 9.17) is 11.6 Å². The van der Waals surface area contributed by atoms with E-state index in [1.807, 2.05) is 40.8 Å². The van der Waals surface area contributed by atoms with Gasteiger partial charge in [-0.3, -0.25) is 0 Å². The van der Waals surface area contributed by atoms with Crippen LogP contribution >= 0.6 is 11.6 Å². The van der Waals surface area contributed by atoms with Gasteiger partial charge in [0, 0.05) is 11.6 Å². The van der Waals surface area contributed by atoms with Crippen LogP contribution in [0.2, 0.25) is 5.02 Å². The van der Waals surface area contributed by atoms with Gasteiger partial charge in [0.05, 0.1) is 19.1 Å². The molecule has 0 spiro atoms. The molecule has 2 amide bonds. The topological polar surface area (TPSA) is 63.1 Å². The van der Waals surface area contributed by atoms with Gasteiger partial charge in [-0.15, -0.1) is 0 Å². The Labute approximate surface area is 158 Å². The Balaban J connectivity index is 1.50. The molecule has 6 nitrogen and oxygen atoms in total. The number of hydrogen-bond donors (Lipinski definition) is 1. The fourth-order valence-corrected chi connectivity index (χ4v) is 4.22. The average molecular weight is 374 g/mol. The van der Waals surface area contributed by atoms with E-state index in [1.165, 1.54) is 12.8 Å². The van der Waals surface area contributed by atoms with Crippen molar-refractivity contribution in [1.82, 2.24) is 25.0 Å². The molecule has 138 valence electrons. The number of carbonyl (C=O) groups excluding carboxylic acids is 1. The lowest BCUT2D eigenvalue weighted by Crippen LogP contribution is -2.46. The number of urea groups is 1. The lowest BCUT2D eigenvalue weighted by atomic mass is 9.92. The minimum absolute atomic E-state index is 0.0243. The summed E-state index contributed by atoms with van der Waals surface area (Å²) in [5, 5.41) is 8.37. The van der Waals surface area contributed by atoms with Crippen LogP contribution < -0.4 is 5.32 Å². The quantitative estimate of drug-likeness (QED) is 0.892. The second kappa shape index (κ2) is 7.27. The van der Waals surface area contributed by atoms with Gasteiger partial charge < -0.3 is 10.2 Å². The Morgan fingerprint density at radius 2 is 1.96 bits per heavy atom. The highest BCUT2D eigenvalue weighted by molar-refractivity contribution is 6.30. The molecule has 0 radical (unpaired) electrons. The molecule has 1 aromatic carbocycles. The molecule has 0 saturated heterocycles. The van der Waals surface area contributed by atoms with Gasteiger partial charge in [-0.1, -0.05) is 36.6 Å². The summed E-state index contributed by atoms with van der Waals surface area (Å²) in [4.78, 5) is 19.2. The van der Waals surface area contributed by atoms with E-state index >= 15 is 0 Å². The largest absolute Gasteiger partial charge is 0.331 e. The molecule has 26 heavy (non-hydrogen) atoms. The summed E-state index contributed by atoms with van der Waals surface area (Å²) >= 11 is 6.04. The minimum Gasteiger partial charge on any atom is -0.331 e. The summed E-state index contributed by atoms with van der Waals surface area (Å²) < 4.78 is 1.90. The number of aromatic nitrogens is 3. The predicted octanol–water partition coefficient (Wildman–Crippen LogP) is 3.70. The number of fused-ring (bicyclic) bond motifs is 1. The molecule has 1 unspecified atom stereocenters. The number of nitrogens with zero attached hydrogens (tertiary/aromatic N) is 4. The lowest BCUT2D eigenvalue weighted by molar-refractivity contribution is 0.171. The number of amides is 2. The molecule has 0 bridgehead atoms. The van der Waals surface area contributed by atoms with Gasteiger partial charge in [0.15, 0.2) is 0 Å². The molecule has 7 heteroatoms. The third-order valence-corrected chi connectivity index (χ3v) is 5.69. The fraction of sp³-hybridized carbons (Fsp3) is 0.526. The smallest absolute Gasteiger partial charge is 0.318 e. The first-order valence-electron chi connectivity index (χ1n) is 9.31. The van der Waals surface area contributed by atoms with Crippen LogP contribution in [0.5, 0.6) is 0 Å². The van der Waals surface area contributed by atoms with E-state index in [-0.39, 0.29) is 12.1 Å². The standard InChI is InChI=1S/C19H24ClN5O/c1-13-21-17-12-24(10-11-25(17)23-13)19(26)22-18(14-4-2-3-5-14)15-6-8-16(20)9-7-15/h6-9,14,18H,2-5,10-12H2,1H3,(H,22,26). The van der Waals surface area contributed by atoms with Crippen LogP contribution in [0.25, 0.3) is 0 Å². The number of halogens is 1. The summed E-state index contributed by atoms with van der Waals surface area (Å²) in [5.41, 5.74) is 1.13. The second-order valence-electron chi connectivity index (χ2n) is 7.24. The normalized spacial score (nSPS) is 18.6. The number of aryl methyl sites for hydroxylation is 1. The van der Waals surface area contributed by atoms with Crippen LogP contribution in [-0.4, -0.2) is 32.2 Å². The van der Waals surface area contributed by atoms with Gasteiger partial charge in [-0.05, 0) is 43.4 Å². The van der Waals surface area contributed by atoms with E-state index < -0.39 is 0 Å². The molecule has 1 saturated carbocycles. The Bertz CT molecular complexity index is 782. The third-order valence-electron chi connectivity index (χ3n) is 5.43. The van der Waals surface area contributed by atoms with E-state index in [9.17, 15) is 4.79 Å². The molecule has 2 aliphatic rings. The van der Waals surface area contributed by atoms with Crippen molar-refractivity contribution in [2.24, 2.45) is 5.92 Å². The van der Waals surface area contributed by atoms with Crippen molar-refractivity contribution in [2.45, 2.75) is 51.7 Å². The first-order valence-corrected chi connectivity index (χ1v) is 9.69. The van der Waals surface area contributed by atoms with Gasteiger partial charge in [-0.2, -0.15) is 5.10 Å². The minimum atomic E-state index is -0.0243. The molecule has 1 fully saturated rings. The van der Waals surface area contributed by atoms with Crippen molar-refractivity contribution in [2.75, 3.05) is 6.54 Å². The molecule has 2 aromatic rings. The SMILES string of the molecule is Cc1nc2n(n1)CCN(C(=O)NC(c1ccc(Cl)cc1)C1CCCC1)C2. The number of carbonyl (C=O) groups is 1. The second-order valence-corrected chi connectivity index (χ2v) is 7.68. The maximum Gasteiger partial charge on any atom is 0.318 e. The molecular formula is C19H24ClN5O. The summed E-state index contributed by atoms with van der Waals surface area (Å²) in [6, 6.07) is 7.87. The molecule has 4 rings (SSSR count). The summed E-state index contributed by atoms with van der Waals surface area (Å²) in [6.45, 7) is 3.73. The van der Waals surface area contributed by atoms with Crippen LogP contribution in [0.15, 0.2) is 24.3 Å². The van der Waals surface area contributed by atoms with Crippen molar-refractivity contribution in [1.29, 1.82) is 0 Å². The summed E-state index contributed by atoms with van der Waals surface area (Å²) in [5.74, 6) is 2.09. The van der Waals surface area contributed by atoms with Gasteiger partial charge >= 0.3 is 6.03 Å². The van der Waals surface area contributed by atoms with E-state index in [1.54, 1.807) is 0 Å². The molecule has 1 atom stereocenters. The summed E-state index contributed by atoms with van der Waals surface area (Å²) in [6.07, 6.45) is 4.77. The molecule has 2 heterocycles. The van der Waals surface area contributed by atoms with Crippen LogP contribution in [-0.2, 0) is 13.1 Å². The zero-order chi connectivity index (χ0) is 18.1.